The third kappa shape index (κ3) is 5.09. The summed E-state index contributed by atoms with van der Waals surface area (Å²) in [7, 11) is 0. The Morgan fingerprint density at radius 2 is 1.69 bits per heavy atom. The highest BCUT2D eigenvalue weighted by Gasteiger charge is 2.37. The summed E-state index contributed by atoms with van der Waals surface area (Å²) >= 11 is 3.54. The van der Waals surface area contributed by atoms with Crippen LogP contribution in [0.1, 0.15) is 36.1 Å². The smallest absolute Gasteiger partial charge is 0.335 e. The van der Waals surface area contributed by atoms with Crippen molar-refractivity contribution in [1.29, 1.82) is 0 Å². The Hall–Kier alpha value is -3.78. The van der Waals surface area contributed by atoms with Gasteiger partial charge in [-0.25, -0.2) is 14.1 Å². The van der Waals surface area contributed by atoms with Crippen LogP contribution in [0.4, 0.5) is 14.9 Å². The summed E-state index contributed by atoms with van der Waals surface area (Å²) in [6, 6.07) is 16.2. The number of para-hydroxylation sites is 1. The summed E-state index contributed by atoms with van der Waals surface area (Å²) in [5, 5.41) is 2.26. The molecule has 1 N–H and O–H groups in total. The molecule has 1 fully saturated rings. The molecule has 4 rings (SSSR count). The van der Waals surface area contributed by atoms with Crippen LogP contribution in [-0.2, 0) is 22.4 Å². The number of rotatable bonds is 7. The Bertz CT molecular complexity index is 1390. The minimum absolute atomic E-state index is 0.184. The number of hydrogen-bond donors (Lipinski definition) is 1. The van der Waals surface area contributed by atoms with Crippen LogP contribution in [0.2, 0.25) is 0 Å². The summed E-state index contributed by atoms with van der Waals surface area (Å²) in [5.41, 5.74) is 2.80. The third-order valence-electron chi connectivity index (χ3n) is 5.83. The maximum atomic E-state index is 14.3. The fourth-order valence-electron chi connectivity index (χ4n) is 4.07. The van der Waals surface area contributed by atoms with Crippen LogP contribution in [0.3, 0.4) is 0 Å². The number of barbiturate groups is 1. The van der Waals surface area contributed by atoms with Crippen molar-refractivity contribution in [2.75, 3.05) is 11.5 Å². The fraction of sp³-hybridized carbons (Fsp3) is 0.179. The molecule has 1 aliphatic rings. The van der Waals surface area contributed by atoms with Crippen LogP contribution in [0.5, 0.6) is 5.75 Å². The topological polar surface area (TPSA) is 75.7 Å². The predicted octanol–water partition coefficient (Wildman–Crippen LogP) is 5.81. The van der Waals surface area contributed by atoms with Crippen LogP contribution in [-0.4, -0.2) is 24.5 Å². The molecule has 0 unspecified atom stereocenters. The van der Waals surface area contributed by atoms with E-state index in [1.165, 1.54) is 12.1 Å². The minimum atomic E-state index is -0.792. The number of nitrogens with zero attached hydrogens (tertiary/aromatic N) is 1. The van der Waals surface area contributed by atoms with Crippen molar-refractivity contribution < 1.29 is 23.5 Å². The number of ether oxygens (including phenoxy) is 1. The summed E-state index contributed by atoms with van der Waals surface area (Å²) in [4.78, 5) is 39.6. The first-order valence-corrected chi connectivity index (χ1v) is 12.3. The van der Waals surface area contributed by atoms with Crippen molar-refractivity contribution in [1.82, 2.24) is 5.32 Å². The second kappa shape index (κ2) is 10.9. The summed E-state index contributed by atoms with van der Waals surface area (Å²) in [6.45, 7) is 4.12. The lowest BCUT2D eigenvalue weighted by atomic mass is 10.00. The zero-order valence-electron chi connectivity index (χ0n) is 19.8. The number of benzene rings is 3. The van der Waals surface area contributed by atoms with Gasteiger partial charge in [-0.15, -0.1) is 0 Å². The van der Waals surface area contributed by atoms with Gasteiger partial charge in [0.1, 0.15) is 17.1 Å². The van der Waals surface area contributed by atoms with E-state index in [0.717, 1.165) is 16.0 Å². The van der Waals surface area contributed by atoms with E-state index in [4.69, 9.17) is 4.74 Å². The number of hydrogen-bond acceptors (Lipinski definition) is 4. The molecule has 1 aliphatic heterocycles. The molecule has 3 aromatic carbocycles. The lowest BCUT2D eigenvalue weighted by Gasteiger charge is -2.28. The number of urea groups is 1. The highest BCUT2D eigenvalue weighted by molar-refractivity contribution is 9.10. The average Bonchev–Trinajstić information content (AvgIpc) is 2.85. The zero-order valence-corrected chi connectivity index (χ0v) is 21.4. The number of anilines is 1. The van der Waals surface area contributed by atoms with Crippen LogP contribution < -0.4 is 15.0 Å². The molecule has 6 nitrogen and oxygen atoms in total. The molecular weight excluding hydrogens is 527 g/mol. The summed E-state index contributed by atoms with van der Waals surface area (Å²) in [6.07, 6.45) is 2.31. The van der Waals surface area contributed by atoms with Crippen molar-refractivity contribution in [3.05, 3.63) is 98.8 Å². The first-order valence-electron chi connectivity index (χ1n) is 11.5. The van der Waals surface area contributed by atoms with Gasteiger partial charge in [0.05, 0.1) is 12.3 Å². The van der Waals surface area contributed by atoms with Gasteiger partial charge >= 0.3 is 6.03 Å². The summed E-state index contributed by atoms with van der Waals surface area (Å²) < 4.78 is 20.7. The standard InChI is InChI=1S/C28H24BrFN2O4/c1-3-18-9-6-8-12-24(18)32-27(34)21(26(33)31-28(32)35)13-17-14-22(29)20(25(15-17)36-4-2)16-19-10-5-7-11-23(19)30/h5-15H,3-4,16H2,1-2H3,(H,31,33,35)/b21-13-. The Balaban J connectivity index is 1.74. The van der Waals surface area contributed by atoms with Crippen LogP contribution in [0.25, 0.3) is 6.08 Å². The van der Waals surface area contributed by atoms with Crippen molar-refractivity contribution in [2.24, 2.45) is 0 Å². The Morgan fingerprint density at radius 3 is 2.39 bits per heavy atom. The second-order valence-corrected chi connectivity index (χ2v) is 8.98. The third-order valence-corrected chi connectivity index (χ3v) is 6.54. The lowest BCUT2D eigenvalue weighted by Crippen LogP contribution is -2.54. The van der Waals surface area contributed by atoms with Crippen molar-refractivity contribution in [3.63, 3.8) is 0 Å². The number of carbonyl (C=O) groups excluding carboxylic acids is 3. The van der Waals surface area contributed by atoms with E-state index in [1.807, 2.05) is 26.0 Å². The maximum absolute atomic E-state index is 14.3. The van der Waals surface area contributed by atoms with E-state index in [2.05, 4.69) is 21.2 Å². The van der Waals surface area contributed by atoms with Gasteiger partial charge in [0.15, 0.2) is 0 Å². The Morgan fingerprint density at radius 1 is 1.00 bits per heavy atom. The van der Waals surface area contributed by atoms with Gasteiger partial charge in [-0.2, -0.15) is 0 Å². The zero-order chi connectivity index (χ0) is 25.8. The molecule has 0 bridgehead atoms. The first-order chi connectivity index (χ1) is 17.3. The van der Waals surface area contributed by atoms with Gasteiger partial charge in [0, 0.05) is 16.5 Å². The highest BCUT2D eigenvalue weighted by Crippen LogP contribution is 2.33. The Labute approximate surface area is 216 Å². The maximum Gasteiger partial charge on any atom is 0.335 e. The first kappa shape index (κ1) is 25.3. The lowest BCUT2D eigenvalue weighted by molar-refractivity contribution is -0.122. The molecule has 36 heavy (non-hydrogen) atoms. The predicted molar refractivity (Wildman–Crippen MR) is 139 cm³/mol. The highest BCUT2D eigenvalue weighted by atomic mass is 79.9. The quantitative estimate of drug-likeness (QED) is 0.297. The van der Waals surface area contributed by atoms with E-state index in [1.54, 1.807) is 42.5 Å². The van der Waals surface area contributed by atoms with E-state index in [9.17, 15) is 18.8 Å². The van der Waals surface area contributed by atoms with Crippen molar-refractivity contribution in [2.45, 2.75) is 26.7 Å². The molecular formula is C28H24BrFN2O4. The number of amides is 4. The van der Waals surface area contributed by atoms with Crippen LogP contribution >= 0.6 is 15.9 Å². The van der Waals surface area contributed by atoms with Crippen LogP contribution in [0.15, 0.2) is 70.7 Å². The number of carbonyl (C=O) groups is 3. The molecule has 1 saturated heterocycles. The second-order valence-electron chi connectivity index (χ2n) is 8.12. The van der Waals surface area contributed by atoms with Gasteiger partial charge < -0.3 is 4.74 Å². The molecule has 0 aromatic heterocycles. The van der Waals surface area contributed by atoms with E-state index in [-0.39, 0.29) is 17.8 Å². The largest absolute Gasteiger partial charge is 0.494 e. The SMILES string of the molecule is CCOc1cc(/C=C2/C(=O)NC(=O)N(c3ccccc3CC)C2=O)cc(Br)c1Cc1ccccc1F. The molecule has 3 aromatic rings. The van der Waals surface area contributed by atoms with Gasteiger partial charge in [0.25, 0.3) is 11.8 Å². The summed E-state index contributed by atoms with van der Waals surface area (Å²) in [5.74, 6) is -1.32. The molecule has 0 atom stereocenters. The molecule has 0 saturated carbocycles. The van der Waals surface area contributed by atoms with Gasteiger partial charge in [0.2, 0.25) is 0 Å². The molecule has 8 heteroatoms. The van der Waals surface area contributed by atoms with Gasteiger partial charge in [-0.3, -0.25) is 14.9 Å². The van der Waals surface area contributed by atoms with E-state index >= 15 is 0 Å². The molecule has 184 valence electrons. The van der Waals surface area contributed by atoms with E-state index < -0.39 is 17.8 Å². The monoisotopic (exact) mass is 550 g/mol. The minimum Gasteiger partial charge on any atom is -0.494 e. The fourth-order valence-corrected chi connectivity index (χ4v) is 4.67. The normalized spacial score (nSPS) is 14.8. The molecule has 0 aliphatic carbocycles. The number of halogens is 2. The molecule has 4 amide bonds. The van der Waals surface area contributed by atoms with Crippen molar-refractivity contribution >= 4 is 45.5 Å². The number of nitrogens with one attached hydrogen (secondary N) is 1. The van der Waals surface area contributed by atoms with Crippen LogP contribution in [0, 0.1) is 5.82 Å². The average molecular weight is 551 g/mol. The molecule has 1 heterocycles. The number of imide groups is 2. The van der Waals surface area contributed by atoms with Crippen molar-refractivity contribution in [3.8, 4) is 5.75 Å². The Kier molecular flexibility index (Phi) is 7.64. The van der Waals surface area contributed by atoms with Gasteiger partial charge in [-0.05, 0) is 60.4 Å². The van der Waals surface area contributed by atoms with Gasteiger partial charge in [-0.1, -0.05) is 59.3 Å². The van der Waals surface area contributed by atoms with E-state index in [0.29, 0.717) is 40.1 Å². The number of aryl methyl sites for hydroxylation is 1. The molecule has 0 spiro atoms. The molecule has 0 radical (unpaired) electrons.